The van der Waals surface area contributed by atoms with Gasteiger partial charge < -0.3 is 10.5 Å². The number of carbonyl (C=O) groups is 1. The van der Waals surface area contributed by atoms with Gasteiger partial charge >= 0.3 is 16.3 Å². The maximum absolute atomic E-state index is 11.8. The number of hydrogen-bond acceptors (Lipinski definition) is 5. The molecule has 0 aliphatic carbocycles. The summed E-state index contributed by atoms with van der Waals surface area (Å²) in [4.78, 5) is 11.3. The van der Waals surface area contributed by atoms with E-state index in [1.807, 2.05) is 6.07 Å². The molecule has 7 nitrogen and oxygen atoms in total. The number of nitrogens with two attached hydrogens (primary N) is 1. The van der Waals surface area contributed by atoms with E-state index in [0.717, 1.165) is 0 Å². The summed E-state index contributed by atoms with van der Waals surface area (Å²) >= 11 is 0. The second-order valence-electron chi connectivity index (χ2n) is 4.38. The second-order valence-corrected chi connectivity index (χ2v) is 5.82. The van der Waals surface area contributed by atoms with E-state index in [0.29, 0.717) is 5.56 Å². The molecule has 20 heavy (non-hydrogen) atoms. The lowest BCUT2D eigenvalue weighted by Gasteiger charge is -2.18. The van der Waals surface area contributed by atoms with Gasteiger partial charge in [-0.2, -0.15) is 13.1 Å². The number of hydrogen-bond donors (Lipinski definition) is 3. The fourth-order valence-corrected chi connectivity index (χ4v) is 2.44. The molecule has 1 amide bonds. The van der Waals surface area contributed by atoms with Crippen molar-refractivity contribution in [2.24, 2.45) is 5.73 Å². The lowest BCUT2D eigenvalue weighted by molar-refractivity contribution is 0.121. The number of benzene rings is 1. The summed E-state index contributed by atoms with van der Waals surface area (Å²) in [6, 6.07) is 8.21. The van der Waals surface area contributed by atoms with Crippen LogP contribution in [0.3, 0.4) is 0 Å². The van der Waals surface area contributed by atoms with Gasteiger partial charge in [-0.1, -0.05) is 30.3 Å². The Kier molecular flexibility index (Phi) is 5.93. The summed E-state index contributed by atoms with van der Waals surface area (Å²) in [7, 11) is -4.04. The van der Waals surface area contributed by atoms with Crippen molar-refractivity contribution in [3.05, 3.63) is 35.9 Å². The minimum Gasteiger partial charge on any atom is -0.446 e. The lowest BCUT2D eigenvalue weighted by atomic mass is 10.1. The molecule has 4 N–H and O–H groups in total. The standard InChI is InChI=1S/C12H19N3O4S/c1-9(2)19-12(16)15-20(17,18)14-11(8-13)10-6-4-3-5-7-10/h3-7,9,11,14H,8,13H2,1-2H3,(H,15,16). The van der Waals surface area contributed by atoms with Crippen LogP contribution >= 0.6 is 0 Å². The highest BCUT2D eigenvalue weighted by Crippen LogP contribution is 2.11. The van der Waals surface area contributed by atoms with E-state index >= 15 is 0 Å². The van der Waals surface area contributed by atoms with Crippen LogP contribution in [0.4, 0.5) is 4.79 Å². The van der Waals surface area contributed by atoms with Crippen LogP contribution in [0.1, 0.15) is 25.5 Å². The maximum Gasteiger partial charge on any atom is 0.422 e. The first-order chi connectivity index (χ1) is 9.34. The Hall–Kier alpha value is -1.64. The van der Waals surface area contributed by atoms with Gasteiger partial charge in [-0.05, 0) is 19.4 Å². The van der Waals surface area contributed by atoms with Crippen LogP contribution in [0.15, 0.2) is 30.3 Å². The Morgan fingerprint density at radius 1 is 1.30 bits per heavy atom. The van der Waals surface area contributed by atoms with Gasteiger partial charge in [0.15, 0.2) is 0 Å². The van der Waals surface area contributed by atoms with E-state index in [4.69, 9.17) is 10.5 Å². The van der Waals surface area contributed by atoms with E-state index in [1.54, 1.807) is 42.8 Å². The molecule has 0 spiro atoms. The fourth-order valence-electron chi connectivity index (χ4n) is 1.50. The predicted molar refractivity (Wildman–Crippen MR) is 75.0 cm³/mol. The van der Waals surface area contributed by atoms with Crippen molar-refractivity contribution in [1.82, 2.24) is 9.44 Å². The number of carbonyl (C=O) groups excluding carboxylic acids is 1. The number of rotatable bonds is 6. The molecule has 0 aliphatic rings. The second kappa shape index (κ2) is 7.22. The SMILES string of the molecule is CC(C)OC(=O)NS(=O)(=O)NC(CN)c1ccccc1. The molecule has 8 heteroatoms. The predicted octanol–water partition coefficient (Wildman–Crippen LogP) is 0.655. The molecule has 1 aromatic rings. The van der Waals surface area contributed by atoms with Crippen LogP contribution in [0.2, 0.25) is 0 Å². The first-order valence-corrected chi connectivity index (χ1v) is 7.58. The molecular weight excluding hydrogens is 282 g/mol. The molecule has 0 saturated carbocycles. The van der Waals surface area contributed by atoms with Crippen LogP contribution in [-0.2, 0) is 14.9 Å². The Morgan fingerprint density at radius 3 is 2.40 bits per heavy atom. The molecule has 112 valence electrons. The molecule has 1 unspecified atom stereocenters. The number of ether oxygens (including phenoxy) is 1. The summed E-state index contributed by atoms with van der Waals surface area (Å²) in [6.45, 7) is 3.29. The first kappa shape index (κ1) is 16.4. The third-order valence-corrected chi connectivity index (χ3v) is 3.33. The first-order valence-electron chi connectivity index (χ1n) is 6.09. The highest BCUT2D eigenvalue weighted by molar-refractivity contribution is 7.88. The molecule has 0 aromatic heterocycles. The van der Waals surface area contributed by atoms with Crippen LogP contribution in [-0.4, -0.2) is 27.2 Å². The van der Waals surface area contributed by atoms with Crippen molar-refractivity contribution in [2.75, 3.05) is 6.54 Å². The van der Waals surface area contributed by atoms with Gasteiger partial charge in [0.05, 0.1) is 12.1 Å². The molecule has 0 heterocycles. The van der Waals surface area contributed by atoms with Gasteiger partial charge in [-0.25, -0.2) is 9.52 Å². The molecule has 0 aliphatic heterocycles. The molecule has 0 bridgehead atoms. The van der Waals surface area contributed by atoms with Gasteiger partial charge in [0, 0.05) is 6.54 Å². The summed E-state index contributed by atoms with van der Waals surface area (Å²) in [6.07, 6.45) is -1.44. The minimum atomic E-state index is -4.04. The Bertz CT molecular complexity index is 531. The largest absolute Gasteiger partial charge is 0.446 e. The molecule has 1 aromatic carbocycles. The molecule has 0 radical (unpaired) electrons. The van der Waals surface area contributed by atoms with E-state index in [2.05, 4.69) is 4.72 Å². The van der Waals surface area contributed by atoms with E-state index < -0.39 is 28.4 Å². The van der Waals surface area contributed by atoms with Crippen LogP contribution in [0.5, 0.6) is 0 Å². The summed E-state index contributed by atoms with van der Waals surface area (Å²) in [5.74, 6) is 0. The minimum absolute atomic E-state index is 0.0597. The smallest absolute Gasteiger partial charge is 0.422 e. The summed E-state index contributed by atoms with van der Waals surface area (Å²) in [5, 5.41) is 0. The van der Waals surface area contributed by atoms with Gasteiger partial charge in [-0.15, -0.1) is 0 Å². The summed E-state index contributed by atoms with van der Waals surface area (Å²) < 4.78 is 32.3. The Morgan fingerprint density at radius 2 is 1.90 bits per heavy atom. The van der Waals surface area contributed by atoms with E-state index in [1.165, 1.54) is 0 Å². The highest BCUT2D eigenvalue weighted by Gasteiger charge is 2.21. The van der Waals surface area contributed by atoms with Gasteiger partial charge in [-0.3, -0.25) is 0 Å². The zero-order valence-corrected chi connectivity index (χ0v) is 12.2. The van der Waals surface area contributed by atoms with Crippen molar-refractivity contribution < 1.29 is 17.9 Å². The monoisotopic (exact) mass is 301 g/mol. The number of amides is 1. The van der Waals surface area contributed by atoms with Crippen molar-refractivity contribution >= 4 is 16.3 Å². The Labute approximate surface area is 118 Å². The van der Waals surface area contributed by atoms with Crippen LogP contribution in [0.25, 0.3) is 0 Å². The molecule has 1 atom stereocenters. The average molecular weight is 301 g/mol. The normalized spacial score (nSPS) is 13.0. The third-order valence-electron chi connectivity index (χ3n) is 2.30. The zero-order chi connectivity index (χ0) is 15.2. The Balaban J connectivity index is 2.71. The molecular formula is C12H19N3O4S. The fraction of sp³-hybridized carbons (Fsp3) is 0.417. The molecule has 0 saturated heterocycles. The van der Waals surface area contributed by atoms with Gasteiger partial charge in [0.25, 0.3) is 0 Å². The molecule has 1 rings (SSSR count). The molecule has 0 fully saturated rings. The van der Waals surface area contributed by atoms with E-state index in [-0.39, 0.29) is 6.54 Å². The third kappa shape index (κ3) is 5.55. The topological polar surface area (TPSA) is 111 Å². The van der Waals surface area contributed by atoms with Crippen molar-refractivity contribution in [2.45, 2.75) is 26.0 Å². The summed E-state index contributed by atoms with van der Waals surface area (Å²) in [5.41, 5.74) is 6.26. The van der Waals surface area contributed by atoms with Crippen molar-refractivity contribution in [1.29, 1.82) is 0 Å². The number of nitrogens with one attached hydrogen (secondary N) is 2. The van der Waals surface area contributed by atoms with Crippen LogP contribution in [0, 0.1) is 0 Å². The zero-order valence-electron chi connectivity index (χ0n) is 11.4. The van der Waals surface area contributed by atoms with Crippen molar-refractivity contribution in [3.63, 3.8) is 0 Å². The quantitative estimate of drug-likeness (QED) is 0.714. The van der Waals surface area contributed by atoms with Gasteiger partial charge in [0.2, 0.25) is 0 Å². The highest BCUT2D eigenvalue weighted by atomic mass is 32.2. The average Bonchev–Trinajstić information content (AvgIpc) is 2.35. The van der Waals surface area contributed by atoms with E-state index in [9.17, 15) is 13.2 Å². The van der Waals surface area contributed by atoms with Crippen molar-refractivity contribution in [3.8, 4) is 0 Å². The van der Waals surface area contributed by atoms with Crippen LogP contribution < -0.4 is 15.2 Å². The lowest BCUT2D eigenvalue weighted by Crippen LogP contribution is -2.44. The van der Waals surface area contributed by atoms with Gasteiger partial charge in [0.1, 0.15) is 0 Å². The maximum atomic E-state index is 11.8.